The van der Waals surface area contributed by atoms with E-state index >= 15 is 0 Å². The summed E-state index contributed by atoms with van der Waals surface area (Å²) in [5, 5.41) is 3.28. The van der Waals surface area contributed by atoms with Gasteiger partial charge in [0.2, 0.25) is 0 Å². The van der Waals surface area contributed by atoms with Crippen molar-refractivity contribution in [2.24, 2.45) is 0 Å². The fraction of sp³-hybridized carbons (Fsp3) is 0.0833. The average molecular weight is 268 g/mol. The molecule has 0 aliphatic carbocycles. The lowest BCUT2D eigenvalue weighted by Crippen LogP contribution is -2.12. The second-order valence-electron chi connectivity index (χ2n) is 3.29. The highest BCUT2D eigenvalue weighted by Gasteiger charge is 2.05. The van der Waals surface area contributed by atoms with Crippen molar-refractivity contribution in [2.45, 2.75) is 6.61 Å². The zero-order valence-corrected chi connectivity index (χ0v) is 10.4. The Morgan fingerprint density at radius 2 is 2.00 bits per heavy atom. The molecule has 17 heavy (non-hydrogen) atoms. The second-order valence-corrected chi connectivity index (χ2v) is 5.01. The third kappa shape index (κ3) is 3.76. The first-order chi connectivity index (χ1) is 8.24. The Bertz CT molecular complexity index is 498. The summed E-state index contributed by atoms with van der Waals surface area (Å²) < 4.78 is 5.68. The van der Waals surface area contributed by atoms with E-state index in [1.807, 2.05) is 30.3 Å². The van der Waals surface area contributed by atoms with Crippen LogP contribution < -0.4 is 5.32 Å². The van der Waals surface area contributed by atoms with E-state index in [4.69, 9.17) is 16.3 Å². The number of halogens is 1. The fourth-order valence-corrected chi connectivity index (χ4v) is 2.17. The standard InChI is InChI=1S/C12H10ClNO2S/c13-10-6-7-11(17-10)14-12(15)16-8-9-4-2-1-3-5-9/h1-7H,8H2,(H,14,15). The monoisotopic (exact) mass is 267 g/mol. The first kappa shape index (κ1) is 12.0. The molecule has 2 aromatic rings. The van der Waals surface area contributed by atoms with E-state index in [1.165, 1.54) is 11.3 Å². The van der Waals surface area contributed by atoms with E-state index in [0.29, 0.717) is 9.34 Å². The van der Waals surface area contributed by atoms with E-state index in [1.54, 1.807) is 12.1 Å². The molecule has 1 aromatic carbocycles. The Balaban J connectivity index is 1.82. The van der Waals surface area contributed by atoms with E-state index < -0.39 is 6.09 Å². The molecule has 0 aliphatic heterocycles. The number of carbonyl (C=O) groups excluding carboxylic acids is 1. The quantitative estimate of drug-likeness (QED) is 0.907. The maximum Gasteiger partial charge on any atom is 0.412 e. The summed E-state index contributed by atoms with van der Waals surface area (Å²) in [5.74, 6) is 0. The number of benzene rings is 1. The number of carbonyl (C=O) groups is 1. The van der Waals surface area contributed by atoms with Crippen LogP contribution in [0, 0.1) is 0 Å². The molecule has 0 saturated carbocycles. The molecular weight excluding hydrogens is 258 g/mol. The minimum Gasteiger partial charge on any atom is -0.444 e. The van der Waals surface area contributed by atoms with E-state index in [9.17, 15) is 4.79 Å². The molecule has 5 heteroatoms. The van der Waals surface area contributed by atoms with Gasteiger partial charge in [-0.1, -0.05) is 41.9 Å². The van der Waals surface area contributed by atoms with Crippen LogP contribution in [0.15, 0.2) is 42.5 Å². The highest BCUT2D eigenvalue weighted by molar-refractivity contribution is 7.20. The molecule has 2 rings (SSSR count). The van der Waals surface area contributed by atoms with Crippen molar-refractivity contribution in [3.63, 3.8) is 0 Å². The fourth-order valence-electron chi connectivity index (χ4n) is 1.24. The molecule has 1 N–H and O–H groups in total. The third-order valence-electron chi connectivity index (χ3n) is 2.01. The van der Waals surface area contributed by atoms with Crippen LogP contribution in [0.25, 0.3) is 0 Å². The number of ether oxygens (including phenoxy) is 1. The number of nitrogens with one attached hydrogen (secondary N) is 1. The number of amides is 1. The van der Waals surface area contributed by atoms with E-state index in [2.05, 4.69) is 5.32 Å². The van der Waals surface area contributed by atoms with Crippen LogP contribution in [0.4, 0.5) is 9.80 Å². The number of hydrogen-bond donors (Lipinski definition) is 1. The van der Waals surface area contributed by atoms with Gasteiger partial charge in [-0.15, -0.1) is 11.3 Å². The number of thiophene rings is 1. The highest BCUT2D eigenvalue weighted by Crippen LogP contribution is 2.25. The summed E-state index contributed by atoms with van der Waals surface area (Å²) >= 11 is 7.03. The molecule has 1 amide bonds. The smallest absolute Gasteiger partial charge is 0.412 e. The van der Waals surface area contributed by atoms with Crippen molar-refractivity contribution in [3.05, 3.63) is 52.4 Å². The third-order valence-corrected chi connectivity index (χ3v) is 3.16. The molecule has 0 fully saturated rings. The summed E-state index contributed by atoms with van der Waals surface area (Å²) in [6.45, 7) is 0.256. The van der Waals surface area contributed by atoms with Crippen molar-refractivity contribution < 1.29 is 9.53 Å². The van der Waals surface area contributed by atoms with Crippen LogP contribution in [0.1, 0.15) is 5.56 Å². The van der Waals surface area contributed by atoms with E-state index in [-0.39, 0.29) is 6.61 Å². The van der Waals surface area contributed by atoms with Crippen LogP contribution in [0.3, 0.4) is 0 Å². The van der Waals surface area contributed by atoms with Gasteiger partial charge in [0.1, 0.15) is 6.61 Å². The van der Waals surface area contributed by atoms with Gasteiger partial charge in [0, 0.05) is 0 Å². The molecule has 1 aromatic heterocycles. The van der Waals surface area contributed by atoms with E-state index in [0.717, 1.165) is 5.56 Å². The number of anilines is 1. The molecule has 3 nitrogen and oxygen atoms in total. The molecule has 1 heterocycles. The lowest BCUT2D eigenvalue weighted by Gasteiger charge is -2.04. The van der Waals surface area contributed by atoms with Gasteiger partial charge in [-0.2, -0.15) is 0 Å². The Labute approximate surface area is 108 Å². The van der Waals surface area contributed by atoms with Crippen molar-refractivity contribution >= 4 is 34.0 Å². The maximum absolute atomic E-state index is 11.4. The molecule has 0 unspecified atom stereocenters. The maximum atomic E-state index is 11.4. The van der Waals surface area contributed by atoms with Crippen LogP contribution in [0.5, 0.6) is 0 Å². The van der Waals surface area contributed by atoms with Gasteiger partial charge in [0.25, 0.3) is 0 Å². The summed E-state index contributed by atoms with van der Waals surface area (Å²) in [4.78, 5) is 11.4. The van der Waals surface area contributed by atoms with Gasteiger partial charge >= 0.3 is 6.09 Å². The lowest BCUT2D eigenvalue weighted by atomic mass is 10.2. The summed E-state index contributed by atoms with van der Waals surface area (Å²) in [6, 6.07) is 13.0. The number of rotatable bonds is 3. The topological polar surface area (TPSA) is 38.3 Å². The Kier molecular flexibility index (Phi) is 4.01. The van der Waals surface area contributed by atoms with Crippen LogP contribution in [-0.4, -0.2) is 6.09 Å². The van der Waals surface area contributed by atoms with Crippen LogP contribution in [-0.2, 0) is 11.3 Å². The van der Waals surface area contributed by atoms with Gasteiger partial charge in [-0.25, -0.2) is 4.79 Å². The first-order valence-electron chi connectivity index (χ1n) is 4.97. The van der Waals surface area contributed by atoms with Crippen LogP contribution in [0.2, 0.25) is 4.34 Å². The molecule has 0 saturated heterocycles. The van der Waals surface area contributed by atoms with Gasteiger partial charge in [0.15, 0.2) is 0 Å². The van der Waals surface area contributed by atoms with Gasteiger partial charge in [0.05, 0.1) is 9.34 Å². The Morgan fingerprint density at radius 3 is 2.65 bits per heavy atom. The summed E-state index contributed by atoms with van der Waals surface area (Å²) in [6.07, 6.45) is -0.479. The normalized spacial score (nSPS) is 9.94. The lowest BCUT2D eigenvalue weighted by molar-refractivity contribution is 0.155. The number of hydrogen-bond acceptors (Lipinski definition) is 3. The molecule has 0 aliphatic rings. The van der Waals surface area contributed by atoms with Gasteiger partial charge < -0.3 is 4.74 Å². The molecule has 88 valence electrons. The zero-order chi connectivity index (χ0) is 12.1. The zero-order valence-electron chi connectivity index (χ0n) is 8.85. The van der Waals surface area contributed by atoms with Crippen molar-refractivity contribution in [1.82, 2.24) is 0 Å². The molecule has 0 radical (unpaired) electrons. The molecule has 0 bridgehead atoms. The second kappa shape index (κ2) is 5.70. The predicted molar refractivity (Wildman–Crippen MR) is 69.6 cm³/mol. The molecule has 0 atom stereocenters. The minimum absolute atomic E-state index is 0.256. The molecule has 0 spiro atoms. The van der Waals surface area contributed by atoms with Crippen molar-refractivity contribution in [3.8, 4) is 0 Å². The summed E-state index contributed by atoms with van der Waals surface area (Å²) in [5.41, 5.74) is 0.951. The average Bonchev–Trinajstić information content (AvgIpc) is 2.73. The highest BCUT2D eigenvalue weighted by atomic mass is 35.5. The largest absolute Gasteiger partial charge is 0.444 e. The Hall–Kier alpha value is -1.52. The van der Waals surface area contributed by atoms with Gasteiger partial charge in [-0.05, 0) is 17.7 Å². The van der Waals surface area contributed by atoms with Crippen molar-refractivity contribution in [1.29, 1.82) is 0 Å². The SMILES string of the molecule is O=C(Nc1ccc(Cl)s1)OCc1ccccc1. The first-order valence-corrected chi connectivity index (χ1v) is 6.16. The van der Waals surface area contributed by atoms with Crippen molar-refractivity contribution in [2.75, 3.05) is 5.32 Å². The minimum atomic E-state index is -0.479. The predicted octanol–water partition coefficient (Wildman–Crippen LogP) is 4.15. The molecular formula is C12H10ClNO2S. The Morgan fingerprint density at radius 1 is 1.24 bits per heavy atom. The summed E-state index contributed by atoms with van der Waals surface area (Å²) in [7, 11) is 0. The van der Waals surface area contributed by atoms with Gasteiger partial charge in [-0.3, -0.25) is 5.32 Å². The van der Waals surface area contributed by atoms with Crippen LogP contribution >= 0.6 is 22.9 Å².